The van der Waals surface area contributed by atoms with Crippen molar-refractivity contribution in [3.05, 3.63) is 58.8 Å². The molecule has 2 aromatic carbocycles. The van der Waals surface area contributed by atoms with Gasteiger partial charge in [-0.2, -0.15) is 0 Å². The lowest BCUT2D eigenvalue weighted by Crippen LogP contribution is -2.31. The number of methoxy groups -OCH3 is 2. The molecule has 1 heterocycles. The van der Waals surface area contributed by atoms with Crippen molar-refractivity contribution in [1.29, 1.82) is 0 Å². The third kappa shape index (κ3) is 3.06. The molecule has 0 saturated carbocycles. The number of ether oxygens (including phenoxy) is 2. The van der Waals surface area contributed by atoms with E-state index in [4.69, 9.17) is 9.47 Å². The molecule has 2 N–H and O–H groups in total. The van der Waals surface area contributed by atoms with Crippen LogP contribution in [0.4, 0.5) is 0 Å². The summed E-state index contributed by atoms with van der Waals surface area (Å²) < 4.78 is 10.8. The van der Waals surface area contributed by atoms with Gasteiger partial charge in [-0.25, -0.2) is 0 Å². The van der Waals surface area contributed by atoms with Crippen LogP contribution in [0.2, 0.25) is 0 Å². The Kier molecular flexibility index (Phi) is 4.60. The van der Waals surface area contributed by atoms with Crippen LogP contribution >= 0.6 is 0 Å². The van der Waals surface area contributed by atoms with Gasteiger partial charge in [0, 0.05) is 22.6 Å². The molecule has 1 aliphatic carbocycles. The largest absolute Gasteiger partial charge is 0.493 e. The van der Waals surface area contributed by atoms with Crippen LogP contribution in [0.25, 0.3) is 10.9 Å². The molecule has 0 aliphatic heterocycles. The third-order valence-electron chi connectivity index (χ3n) is 5.52. The van der Waals surface area contributed by atoms with Crippen LogP contribution < -0.4 is 14.8 Å². The summed E-state index contributed by atoms with van der Waals surface area (Å²) in [6.45, 7) is 0. The molecule has 4 rings (SSSR count). The minimum absolute atomic E-state index is 0.580. The molecule has 0 fully saturated rings. The molecule has 0 bridgehead atoms. The monoisotopic (exact) mass is 350 g/mol. The summed E-state index contributed by atoms with van der Waals surface area (Å²) in [5, 5.41) is 4.81. The fourth-order valence-electron chi connectivity index (χ4n) is 4.05. The Balaban J connectivity index is 1.65. The first-order chi connectivity index (χ1) is 12.7. The highest BCUT2D eigenvalue weighted by Crippen LogP contribution is 2.32. The van der Waals surface area contributed by atoms with E-state index >= 15 is 0 Å². The SMILES string of the molecule is CNC1CCc2[nH]c3ccc(Cc4ccc(OC)c(OC)c4)cc3c2C1. The topological polar surface area (TPSA) is 46.3 Å². The predicted molar refractivity (Wildman–Crippen MR) is 106 cm³/mol. The van der Waals surface area contributed by atoms with E-state index in [9.17, 15) is 0 Å². The molecule has 1 atom stereocenters. The Morgan fingerprint density at radius 2 is 1.81 bits per heavy atom. The normalized spacial score (nSPS) is 16.5. The Labute approximate surface area is 154 Å². The summed E-state index contributed by atoms with van der Waals surface area (Å²) in [6, 6.07) is 13.5. The number of H-pyrrole nitrogens is 1. The number of rotatable bonds is 5. The molecule has 0 saturated heterocycles. The second-order valence-electron chi connectivity index (χ2n) is 7.06. The van der Waals surface area contributed by atoms with Crippen LogP contribution in [0.1, 0.15) is 28.8 Å². The number of aromatic nitrogens is 1. The van der Waals surface area contributed by atoms with E-state index in [1.807, 2.05) is 6.07 Å². The maximum absolute atomic E-state index is 5.43. The molecule has 3 aromatic rings. The Bertz CT molecular complexity index is 929. The van der Waals surface area contributed by atoms with Gasteiger partial charge in [-0.3, -0.25) is 0 Å². The van der Waals surface area contributed by atoms with Crippen LogP contribution in [0.3, 0.4) is 0 Å². The van der Waals surface area contributed by atoms with Gasteiger partial charge < -0.3 is 19.8 Å². The Morgan fingerprint density at radius 3 is 2.58 bits per heavy atom. The smallest absolute Gasteiger partial charge is 0.160 e. The zero-order valence-corrected chi connectivity index (χ0v) is 15.7. The number of likely N-dealkylation sites (N-methyl/N-ethyl adjacent to an activating group) is 1. The maximum Gasteiger partial charge on any atom is 0.160 e. The second-order valence-corrected chi connectivity index (χ2v) is 7.06. The first kappa shape index (κ1) is 17.0. The second kappa shape index (κ2) is 7.04. The van der Waals surface area contributed by atoms with Gasteiger partial charge in [-0.15, -0.1) is 0 Å². The van der Waals surface area contributed by atoms with Crippen molar-refractivity contribution in [2.75, 3.05) is 21.3 Å². The van der Waals surface area contributed by atoms with Crippen LogP contribution in [-0.4, -0.2) is 32.3 Å². The van der Waals surface area contributed by atoms with Gasteiger partial charge in [0.15, 0.2) is 11.5 Å². The van der Waals surface area contributed by atoms with Gasteiger partial charge in [0.1, 0.15) is 0 Å². The zero-order valence-electron chi connectivity index (χ0n) is 15.7. The average Bonchev–Trinajstić information content (AvgIpc) is 3.05. The lowest BCUT2D eigenvalue weighted by atomic mass is 9.91. The van der Waals surface area contributed by atoms with E-state index < -0.39 is 0 Å². The summed E-state index contributed by atoms with van der Waals surface area (Å²) in [6.07, 6.45) is 4.31. The van der Waals surface area contributed by atoms with Gasteiger partial charge in [0.2, 0.25) is 0 Å². The molecule has 136 valence electrons. The molecule has 0 amide bonds. The number of fused-ring (bicyclic) bond motifs is 3. The average molecular weight is 350 g/mol. The van der Waals surface area contributed by atoms with E-state index in [2.05, 4.69) is 47.7 Å². The molecule has 1 aliphatic rings. The van der Waals surface area contributed by atoms with Crippen molar-refractivity contribution in [1.82, 2.24) is 10.3 Å². The van der Waals surface area contributed by atoms with Crippen LogP contribution in [0.5, 0.6) is 11.5 Å². The number of nitrogens with one attached hydrogen (secondary N) is 2. The van der Waals surface area contributed by atoms with Crippen molar-refractivity contribution in [2.24, 2.45) is 0 Å². The number of aryl methyl sites for hydroxylation is 1. The first-order valence-electron chi connectivity index (χ1n) is 9.22. The van der Waals surface area contributed by atoms with Gasteiger partial charge in [-0.1, -0.05) is 12.1 Å². The number of benzene rings is 2. The predicted octanol–water partition coefficient (Wildman–Crippen LogP) is 3.85. The molecular weight excluding hydrogens is 324 g/mol. The molecule has 4 heteroatoms. The first-order valence-corrected chi connectivity index (χ1v) is 9.22. The molecule has 1 unspecified atom stereocenters. The van der Waals surface area contributed by atoms with E-state index in [0.717, 1.165) is 30.8 Å². The highest BCUT2D eigenvalue weighted by molar-refractivity contribution is 5.85. The molecule has 0 spiro atoms. The van der Waals surface area contributed by atoms with E-state index in [-0.39, 0.29) is 0 Å². The van der Waals surface area contributed by atoms with Gasteiger partial charge >= 0.3 is 0 Å². The van der Waals surface area contributed by atoms with Crippen molar-refractivity contribution >= 4 is 10.9 Å². The third-order valence-corrected chi connectivity index (χ3v) is 5.52. The maximum atomic E-state index is 5.43. The molecule has 4 nitrogen and oxygen atoms in total. The van der Waals surface area contributed by atoms with Crippen LogP contribution in [-0.2, 0) is 19.3 Å². The highest BCUT2D eigenvalue weighted by Gasteiger charge is 2.21. The summed E-state index contributed by atoms with van der Waals surface area (Å²) in [4.78, 5) is 3.62. The van der Waals surface area contributed by atoms with Crippen molar-refractivity contribution < 1.29 is 9.47 Å². The summed E-state index contributed by atoms with van der Waals surface area (Å²) >= 11 is 0. The minimum atomic E-state index is 0.580. The zero-order chi connectivity index (χ0) is 18.1. The molecule has 26 heavy (non-hydrogen) atoms. The van der Waals surface area contributed by atoms with Crippen molar-refractivity contribution in [3.8, 4) is 11.5 Å². The van der Waals surface area contributed by atoms with E-state index in [1.54, 1.807) is 14.2 Å². The van der Waals surface area contributed by atoms with Gasteiger partial charge in [0.25, 0.3) is 0 Å². The van der Waals surface area contributed by atoms with Gasteiger partial charge in [0.05, 0.1) is 14.2 Å². The van der Waals surface area contributed by atoms with E-state index in [1.165, 1.54) is 39.7 Å². The molecule has 0 radical (unpaired) electrons. The standard InChI is InChI=1S/C22H26N2O2/c1-23-16-6-8-20-18(13-16)17-11-14(4-7-19(17)24-20)10-15-5-9-21(25-2)22(12-15)26-3/h4-5,7,9,11-12,16,23-24H,6,8,10,13H2,1-3H3. The van der Waals surface area contributed by atoms with Crippen LogP contribution in [0, 0.1) is 0 Å². The van der Waals surface area contributed by atoms with E-state index in [0.29, 0.717) is 6.04 Å². The minimum Gasteiger partial charge on any atom is -0.493 e. The number of aromatic amines is 1. The molecular formula is C22H26N2O2. The Morgan fingerprint density at radius 1 is 1.04 bits per heavy atom. The lowest BCUT2D eigenvalue weighted by Gasteiger charge is -2.21. The Hall–Kier alpha value is -2.46. The van der Waals surface area contributed by atoms with Crippen molar-refractivity contribution in [3.63, 3.8) is 0 Å². The quantitative estimate of drug-likeness (QED) is 0.735. The number of hydrogen-bond donors (Lipinski definition) is 2. The van der Waals surface area contributed by atoms with Gasteiger partial charge in [-0.05, 0) is 73.7 Å². The van der Waals surface area contributed by atoms with Crippen molar-refractivity contribution in [2.45, 2.75) is 31.7 Å². The highest BCUT2D eigenvalue weighted by atomic mass is 16.5. The van der Waals surface area contributed by atoms with Crippen LogP contribution in [0.15, 0.2) is 36.4 Å². The fraction of sp³-hybridized carbons (Fsp3) is 0.364. The summed E-state index contributed by atoms with van der Waals surface area (Å²) in [7, 11) is 5.41. The number of hydrogen-bond acceptors (Lipinski definition) is 3. The molecule has 1 aromatic heterocycles. The summed E-state index contributed by atoms with van der Waals surface area (Å²) in [5.41, 5.74) is 6.69. The lowest BCUT2D eigenvalue weighted by molar-refractivity contribution is 0.354. The summed E-state index contributed by atoms with van der Waals surface area (Å²) in [5.74, 6) is 1.55. The fourth-order valence-corrected chi connectivity index (χ4v) is 4.05.